The highest BCUT2D eigenvalue weighted by Crippen LogP contribution is 2.37. The molecular weight excluding hydrogens is 334 g/mol. The van der Waals surface area contributed by atoms with Crippen LogP contribution >= 0.6 is 11.6 Å². The van der Waals surface area contributed by atoms with E-state index in [1.54, 1.807) is 0 Å². The second-order valence-electron chi connectivity index (χ2n) is 6.19. The largest absolute Gasteiger partial charge is 0.388 e. The lowest BCUT2D eigenvalue weighted by atomic mass is 10.00. The van der Waals surface area contributed by atoms with Crippen LogP contribution in [0.5, 0.6) is 0 Å². The number of rotatable bonds is 6. The summed E-state index contributed by atoms with van der Waals surface area (Å²) >= 11 is 6.59. The molecule has 6 heteroatoms. The van der Waals surface area contributed by atoms with Crippen LogP contribution in [-0.4, -0.2) is 37.6 Å². The molecule has 0 bridgehead atoms. The van der Waals surface area contributed by atoms with Gasteiger partial charge in [0.2, 0.25) is 0 Å². The number of allylic oxidation sites excluding steroid dienone is 1. The first kappa shape index (κ1) is 19.5. The highest BCUT2D eigenvalue weighted by atomic mass is 35.5. The molecule has 1 aliphatic heterocycles. The third-order valence-electron chi connectivity index (χ3n) is 4.54. The molecule has 0 radical (unpaired) electrons. The van der Waals surface area contributed by atoms with Crippen LogP contribution in [-0.2, 0) is 0 Å². The topological polar surface area (TPSA) is 66.0 Å². The van der Waals surface area contributed by atoms with Crippen LogP contribution in [0.15, 0.2) is 40.1 Å². The molecule has 25 heavy (non-hydrogen) atoms. The van der Waals surface area contributed by atoms with E-state index in [9.17, 15) is 0 Å². The zero-order valence-corrected chi connectivity index (χ0v) is 15.9. The summed E-state index contributed by atoms with van der Waals surface area (Å²) in [5.74, 6) is 0.829. The van der Waals surface area contributed by atoms with E-state index in [4.69, 9.17) is 17.3 Å². The average Bonchev–Trinajstić information content (AvgIpc) is 2.85. The van der Waals surface area contributed by atoms with Crippen molar-refractivity contribution in [1.29, 1.82) is 0 Å². The van der Waals surface area contributed by atoms with Gasteiger partial charge in [-0.2, -0.15) is 0 Å². The van der Waals surface area contributed by atoms with Crippen molar-refractivity contribution in [3.8, 4) is 0 Å². The van der Waals surface area contributed by atoms with E-state index >= 15 is 0 Å². The zero-order chi connectivity index (χ0) is 18.2. The number of nitrogens with one attached hydrogen (secondary N) is 1. The van der Waals surface area contributed by atoms with Gasteiger partial charge in [-0.3, -0.25) is 4.99 Å². The van der Waals surface area contributed by atoms with Gasteiger partial charge in [0.25, 0.3) is 0 Å². The molecular formula is C19H28ClN5. The fourth-order valence-electron chi connectivity index (χ4n) is 3.25. The van der Waals surface area contributed by atoms with Crippen molar-refractivity contribution in [1.82, 2.24) is 4.90 Å². The minimum absolute atomic E-state index is 0.184. The summed E-state index contributed by atoms with van der Waals surface area (Å²) < 4.78 is 0. The lowest BCUT2D eigenvalue weighted by Gasteiger charge is -2.33. The second kappa shape index (κ2) is 9.59. The van der Waals surface area contributed by atoms with Gasteiger partial charge in [0.05, 0.1) is 12.7 Å². The molecule has 3 N–H and O–H groups in total. The number of nitrogens with zero attached hydrogens (tertiary/aromatic N) is 3. The van der Waals surface area contributed by atoms with Gasteiger partial charge >= 0.3 is 0 Å². The molecule has 136 valence electrons. The van der Waals surface area contributed by atoms with Crippen LogP contribution in [0.4, 0.5) is 5.69 Å². The molecule has 1 unspecified atom stereocenters. The number of likely N-dealkylation sites (tertiary alicyclic amines) is 1. The molecule has 0 aliphatic carbocycles. The number of benzene rings is 1. The second-order valence-corrected chi connectivity index (χ2v) is 6.59. The van der Waals surface area contributed by atoms with Crippen LogP contribution in [0.25, 0.3) is 0 Å². The summed E-state index contributed by atoms with van der Waals surface area (Å²) in [6.45, 7) is 6.90. The van der Waals surface area contributed by atoms with Crippen molar-refractivity contribution < 1.29 is 0 Å². The summed E-state index contributed by atoms with van der Waals surface area (Å²) in [6.07, 6.45) is 6.50. The number of hydrogen-bond donors (Lipinski definition) is 2. The quantitative estimate of drug-likeness (QED) is 0.745. The molecule has 1 aliphatic rings. The Kier molecular flexibility index (Phi) is 7.47. The van der Waals surface area contributed by atoms with Crippen LogP contribution in [0.2, 0.25) is 5.02 Å². The van der Waals surface area contributed by atoms with E-state index in [1.807, 2.05) is 26.1 Å². The molecule has 0 saturated carbocycles. The van der Waals surface area contributed by atoms with E-state index < -0.39 is 0 Å². The summed E-state index contributed by atoms with van der Waals surface area (Å²) in [6, 6.07) is 6.34. The van der Waals surface area contributed by atoms with Crippen molar-refractivity contribution in [3.63, 3.8) is 0 Å². The van der Waals surface area contributed by atoms with Crippen LogP contribution in [0, 0.1) is 0 Å². The molecule has 1 saturated heterocycles. The van der Waals surface area contributed by atoms with Gasteiger partial charge < -0.3 is 16.0 Å². The van der Waals surface area contributed by atoms with Crippen molar-refractivity contribution in [2.75, 3.05) is 25.6 Å². The Balaban J connectivity index is 2.41. The molecule has 2 rings (SSSR count). The first-order chi connectivity index (χ1) is 12.1. The van der Waals surface area contributed by atoms with Gasteiger partial charge in [-0.15, -0.1) is 0 Å². The van der Waals surface area contributed by atoms with Crippen LogP contribution in [0.1, 0.15) is 44.2 Å². The predicted octanol–water partition coefficient (Wildman–Crippen LogP) is 4.22. The summed E-state index contributed by atoms with van der Waals surface area (Å²) in [4.78, 5) is 10.8. The average molecular weight is 362 g/mol. The zero-order valence-electron chi connectivity index (χ0n) is 15.1. The van der Waals surface area contributed by atoms with Gasteiger partial charge in [-0.05, 0) is 44.2 Å². The molecule has 1 heterocycles. The maximum Gasteiger partial charge on any atom is 0.130 e. The van der Waals surface area contributed by atoms with Gasteiger partial charge in [0.15, 0.2) is 0 Å². The Morgan fingerprint density at radius 3 is 2.88 bits per heavy atom. The van der Waals surface area contributed by atoms with E-state index in [2.05, 4.69) is 39.1 Å². The fraction of sp³-hybridized carbons (Fsp3) is 0.474. The highest BCUT2D eigenvalue weighted by Gasteiger charge is 2.26. The Labute approximate surface area is 155 Å². The Morgan fingerprint density at radius 2 is 2.24 bits per heavy atom. The number of aliphatic imine (C=N–C) groups is 2. The Morgan fingerprint density at radius 1 is 1.44 bits per heavy atom. The monoisotopic (exact) mass is 361 g/mol. The first-order valence-electron chi connectivity index (χ1n) is 8.74. The third kappa shape index (κ3) is 5.06. The first-order valence-corrected chi connectivity index (χ1v) is 9.12. The third-order valence-corrected chi connectivity index (χ3v) is 4.86. The van der Waals surface area contributed by atoms with E-state index in [0.29, 0.717) is 0 Å². The van der Waals surface area contributed by atoms with Crippen molar-refractivity contribution in [2.24, 2.45) is 15.7 Å². The molecule has 1 fully saturated rings. The van der Waals surface area contributed by atoms with Crippen molar-refractivity contribution in [2.45, 2.75) is 38.6 Å². The Bertz CT molecular complexity index is 653. The Hall–Kier alpha value is -1.85. The summed E-state index contributed by atoms with van der Waals surface area (Å²) in [7, 11) is 1.89. The van der Waals surface area contributed by atoms with Crippen LogP contribution in [0.3, 0.4) is 0 Å². The summed E-state index contributed by atoms with van der Waals surface area (Å²) in [5, 5.41) is 3.91. The molecule has 1 aromatic rings. The SMILES string of the molecule is C=N/C(=C\C(C)=NCN)N1CCCCCC1c1ccc(NC)cc1Cl. The molecule has 1 aromatic carbocycles. The van der Waals surface area contributed by atoms with E-state index in [1.165, 1.54) is 12.8 Å². The van der Waals surface area contributed by atoms with E-state index in [0.717, 1.165) is 47.2 Å². The lowest BCUT2D eigenvalue weighted by molar-refractivity contribution is 0.258. The minimum Gasteiger partial charge on any atom is -0.388 e. The smallest absolute Gasteiger partial charge is 0.130 e. The van der Waals surface area contributed by atoms with Gasteiger partial charge in [0, 0.05) is 36.1 Å². The molecule has 5 nitrogen and oxygen atoms in total. The maximum atomic E-state index is 6.59. The van der Waals surface area contributed by atoms with Gasteiger partial charge in [-0.1, -0.05) is 30.5 Å². The molecule has 0 amide bonds. The van der Waals surface area contributed by atoms with Crippen molar-refractivity contribution in [3.05, 3.63) is 40.7 Å². The number of halogens is 1. The standard InChI is InChI=1S/C19H28ClN5/c1-14(24-13-21)11-19(23-3)25-10-6-4-5-7-18(25)16-9-8-15(22-2)12-17(16)20/h8-9,11-12,18,22H,3-7,10,13,21H2,1-2H3/b19-11+,24-14?. The van der Waals surface area contributed by atoms with Gasteiger partial charge in [0.1, 0.15) is 5.82 Å². The number of nitrogens with two attached hydrogens (primary N) is 1. The van der Waals surface area contributed by atoms with Crippen LogP contribution < -0.4 is 11.1 Å². The predicted molar refractivity (Wildman–Crippen MR) is 109 cm³/mol. The maximum absolute atomic E-state index is 6.59. The molecule has 0 aromatic heterocycles. The van der Waals surface area contributed by atoms with Crippen molar-refractivity contribution >= 4 is 29.7 Å². The fourth-order valence-corrected chi connectivity index (χ4v) is 3.56. The number of hydrogen-bond acceptors (Lipinski definition) is 5. The van der Waals surface area contributed by atoms with E-state index in [-0.39, 0.29) is 12.7 Å². The molecule has 0 spiro atoms. The highest BCUT2D eigenvalue weighted by molar-refractivity contribution is 6.31. The summed E-state index contributed by atoms with van der Waals surface area (Å²) in [5.41, 5.74) is 8.51. The minimum atomic E-state index is 0.184. The molecule has 1 atom stereocenters. The lowest BCUT2D eigenvalue weighted by Crippen LogP contribution is -2.28. The number of anilines is 1. The van der Waals surface area contributed by atoms with Gasteiger partial charge in [-0.25, -0.2) is 4.99 Å². The normalized spacial score (nSPS) is 19.5.